The van der Waals surface area contributed by atoms with Crippen molar-refractivity contribution < 1.29 is 1.43 Å². The van der Waals surface area contributed by atoms with Crippen LogP contribution in [0.4, 0.5) is 11.4 Å². The van der Waals surface area contributed by atoms with Crippen LogP contribution < -0.4 is 10.6 Å². The van der Waals surface area contributed by atoms with E-state index in [0.29, 0.717) is 6.17 Å². The Kier molecular flexibility index (Phi) is 6.63. The maximum absolute atomic E-state index is 3.29. The highest BCUT2D eigenvalue weighted by atomic mass is 15.2. The fourth-order valence-electron chi connectivity index (χ4n) is 1.24. The minimum Gasteiger partial charge on any atom is -0.364 e. The molecule has 1 aliphatic heterocycles. The van der Waals surface area contributed by atoms with Gasteiger partial charge in [0.25, 0.3) is 0 Å². The summed E-state index contributed by atoms with van der Waals surface area (Å²) in [5, 5.41) is 6.57. The minimum atomic E-state index is 0. The molecule has 82 valence electrons. The van der Waals surface area contributed by atoms with E-state index in [4.69, 9.17) is 0 Å². The molecule has 1 aliphatic rings. The van der Waals surface area contributed by atoms with Gasteiger partial charge in [-0.25, -0.2) is 0 Å². The largest absolute Gasteiger partial charge is 0.364 e. The van der Waals surface area contributed by atoms with Gasteiger partial charge < -0.3 is 10.6 Å². The van der Waals surface area contributed by atoms with E-state index < -0.39 is 0 Å². The first-order valence-electron chi connectivity index (χ1n) is 5.48. The van der Waals surface area contributed by atoms with E-state index in [9.17, 15) is 0 Å². The Labute approximate surface area is 89.2 Å². The predicted molar refractivity (Wildman–Crippen MR) is 68.0 cm³/mol. The molecular formula is C12H24N2. The van der Waals surface area contributed by atoms with Gasteiger partial charge >= 0.3 is 0 Å². The van der Waals surface area contributed by atoms with Gasteiger partial charge in [-0.05, 0) is 19.1 Å². The molecule has 2 N–H and O–H groups in total. The Balaban J connectivity index is 0. The van der Waals surface area contributed by atoms with Crippen LogP contribution in [0.15, 0.2) is 24.3 Å². The average Bonchev–Trinajstić information content (AvgIpc) is 2.64. The highest BCUT2D eigenvalue weighted by molar-refractivity contribution is 5.73. The van der Waals surface area contributed by atoms with Crippen molar-refractivity contribution in [2.45, 2.75) is 40.8 Å². The predicted octanol–water partition coefficient (Wildman–Crippen LogP) is 4.17. The van der Waals surface area contributed by atoms with Gasteiger partial charge in [-0.3, -0.25) is 0 Å². The van der Waals surface area contributed by atoms with E-state index in [1.807, 2.05) is 39.8 Å². The number of fused-ring (bicyclic) bond motifs is 1. The van der Waals surface area contributed by atoms with Gasteiger partial charge in [0.05, 0.1) is 17.5 Å². The van der Waals surface area contributed by atoms with Crippen molar-refractivity contribution in [3.63, 3.8) is 0 Å². The Morgan fingerprint density at radius 3 is 1.64 bits per heavy atom. The lowest BCUT2D eigenvalue weighted by atomic mass is 10.3. The SMILES string of the molecule is CC.CC.CC1Nc2ccccc2N1.[HH]. The van der Waals surface area contributed by atoms with Gasteiger partial charge in [0, 0.05) is 1.43 Å². The highest BCUT2D eigenvalue weighted by Crippen LogP contribution is 2.27. The van der Waals surface area contributed by atoms with Gasteiger partial charge in [-0.2, -0.15) is 0 Å². The lowest BCUT2D eigenvalue weighted by Crippen LogP contribution is -2.16. The number of para-hydroxylation sites is 2. The molecule has 1 heterocycles. The fraction of sp³-hybridized carbons (Fsp3) is 0.500. The molecule has 0 amide bonds. The van der Waals surface area contributed by atoms with Crippen LogP contribution in [-0.2, 0) is 0 Å². The van der Waals surface area contributed by atoms with Crippen LogP contribution in [-0.4, -0.2) is 6.17 Å². The monoisotopic (exact) mass is 196 g/mol. The molecule has 0 aromatic heterocycles. The van der Waals surface area contributed by atoms with Gasteiger partial charge in [-0.15, -0.1) is 0 Å². The molecule has 0 saturated heterocycles. The Morgan fingerprint density at radius 2 is 1.29 bits per heavy atom. The first-order chi connectivity index (χ1) is 6.86. The maximum Gasteiger partial charge on any atom is 0.0935 e. The molecule has 1 aromatic rings. The number of hydrogen-bond acceptors (Lipinski definition) is 2. The summed E-state index contributed by atoms with van der Waals surface area (Å²) in [5.74, 6) is 0. The third kappa shape index (κ3) is 3.29. The highest BCUT2D eigenvalue weighted by Gasteiger charge is 2.12. The molecule has 2 nitrogen and oxygen atoms in total. The molecule has 0 aliphatic carbocycles. The summed E-state index contributed by atoms with van der Waals surface area (Å²) in [5.41, 5.74) is 2.41. The summed E-state index contributed by atoms with van der Waals surface area (Å²) in [4.78, 5) is 0. The van der Waals surface area contributed by atoms with Crippen LogP contribution in [0, 0.1) is 0 Å². The third-order valence-electron chi connectivity index (χ3n) is 1.67. The van der Waals surface area contributed by atoms with Crippen molar-refractivity contribution in [3.8, 4) is 0 Å². The molecule has 0 saturated carbocycles. The number of rotatable bonds is 0. The second-order valence-corrected chi connectivity index (χ2v) is 2.56. The molecule has 0 fully saturated rings. The van der Waals surface area contributed by atoms with Crippen LogP contribution >= 0.6 is 0 Å². The van der Waals surface area contributed by atoms with Crippen molar-refractivity contribution >= 4 is 11.4 Å². The molecule has 0 spiro atoms. The van der Waals surface area contributed by atoms with E-state index >= 15 is 0 Å². The molecule has 2 heteroatoms. The van der Waals surface area contributed by atoms with Crippen molar-refractivity contribution in [3.05, 3.63) is 24.3 Å². The van der Waals surface area contributed by atoms with E-state index in [-0.39, 0.29) is 1.43 Å². The summed E-state index contributed by atoms with van der Waals surface area (Å²) in [7, 11) is 0. The fourth-order valence-corrected chi connectivity index (χ4v) is 1.24. The molecule has 0 bridgehead atoms. The number of nitrogens with one attached hydrogen (secondary N) is 2. The van der Waals surface area contributed by atoms with E-state index in [0.717, 1.165) is 0 Å². The normalized spacial score (nSPS) is 12.1. The van der Waals surface area contributed by atoms with Gasteiger partial charge in [0.15, 0.2) is 0 Å². The van der Waals surface area contributed by atoms with Crippen LogP contribution in [0.3, 0.4) is 0 Å². The molecule has 1 aromatic carbocycles. The molecule has 14 heavy (non-hydrogen) atoms. The number of hydrogen-bond donors (Lipinski definition) is 2. The van der Waals surface area contributed by atoms with Crippen LogP contribution in [0.5, 0.6) is 0 Å². The van der Waals surface area contributed by atoms with Crippen LogP contribution in [0.25, 0.3) is 0 Å². The zero-order chi connectivity index (χ0) is 11.0. The number of anilines is 2. The van der Waals surface area contributed by atoms with E-state index in [2.05, 4.69) is 29.7 Å². The minimum absolute atomic E-state index is 0. The maximum atomic E-state index is 3.29. The van der Waals surface area contributed by atoms with Crippen molar-refractivity contribution in [1.29, 1.82) is 0 Å². The average molecular weight is 196 g/mol. The van der Waals surface area contributed by atoms with Crippen molar-refractivity contribution in [1.82, 2.24) is 0 Å². The Morgan fingerprint density at radius 1 is 0.929 bits per heavy atom. The molecular weight excluding hydrogens is 172 g/mol. The molecule has 0 radical (unpaired) electrons. The summed E-state index contributed by atoms with van der Waals surface area (Å²) in [6, 6.07) is 8.22. The second-order valence-electron chi connectivity index (χ2n) is 2.56. The lowest BCUT2D eigenvalue weighted by molar-refractivity contribution is 0.956. The lowest BCUT2D eigenvalue weighted by Gasteiger charge is -2.01. The topological polar surface area (TPSA) is 24.1 Å². The number of benzene rings is 1. The molecule has 2 rings (SSSR count). The van der Waals surface area contributed by atoms with Crippen molar-refractivity contribution in [2.75, 3.05) is 10.6 Å². The zero-order valence-electron chi connectivity index (χ0n) is 9.89. The Bertz CT molecular complexity index is 226. The molecule has 0 unspecified atom stereocenters. The van der Waals surface area contributed by atoms with Crippen LogP contribution in [0.2, 0.25) is 0 Å². The van der Waals surface area contributed by atoms with Gasteiger partial charge in [0.2, 0.25) is 0 Å². The summed E-state index contributed by atoms with van der Waals surface area (Å²) in [6.45, 7) is 10.1. The van der Waals surface area contributed by atoms with Crippen LogP contribution in [0.1, 0.15) is 36.0 Å². The first-order valence-corrected chi connectivity index (χ1v) is 5.48. The van der Waals surface area contributed by atoms with Gasteiger partial charge in [0.1, 0.15) is 0 Å². The van der Waals surface area contributed by atoms with E-state index in [1.165, 1.54) is 11.4 Å². The molecule has 0 atom stereocenters. The Hall–Kier alpha value is -1.18. The summed E-state index contributed by atoms with van der Waals surface area (Å²) >= 11 is 0. The zero-order valence-corrected chi connectivity index (χ0v) is 9.89. The quantitative estimate of drug-likeness (QED) is 0.651. The van der Waals surface area contributed by atoms with E-state index in [1.54, 1.807) is 0 Å². The standard InChI is InChI=1S/C8H10N2.2C2H6.H2/c1-6-9-7-4-2-3-5-8(7)10-6;2*1-2;/h2-6,9-10H,1H3;2*1-2H3;1H. The van der Waals surface area contributed by atoms with Gasteiger partial charge in [-0.1, -0.05) is 39.8 Å². The van der Waals surface area contributed by atoms with Crippen molar-refractivity contribution in [2.24, 2.45) is 0 Å². The smallest absolute Gasteiger partial charge is 0.0935 e. The summed E-state index contributed by atoms with van der Waals surface area (Å²) < 4.78 is 0. The second kappa shape index (κ2) is 7.25. The summed E-state index contributed by atoms with van der Waals surface area (Å²) in [6.07, 6.45) is 0.373. The first kappa shape index (κ1) is 12.8. The third-order valence-corrected chi connectivity index (χ3v) is 1.67.